The predicted octanol–water partition coefficient (Wildman–Crippen LogP) is 11.7. The van der Waals surface area contributed by atoms with Crippen molar-refractivity contribution in [2.45, 2.75) is 19.3 Å². The first-order chi connectivity index (χ1) is 24.0. The Morgan fingerprint density at radius 2 is 0.939 bits per heavy atom. The van der Waals surface area contributed by atoms with Crippen LogP contribution in [0.25, 0.3) is 78.3 Å². The molecule has 1 aliphatic carbocycles. The SMILES string of the molecule is CC1(C)c2ccccc2-c2nc3ccccc3c(-c3ccc(-c4cc(-c5ccc(-c6ccccc6)cc5)nc(-c5ccccc5)n4)cc3)c21. The van der Waals surface area contributed by atoms with Crippen LogP contribution in [0.4, 0.5) is 0 Å². The fraction of sp³-hybridized carbons (Fsp3) is 0.0652. The lowest BCUT2D eigenvalue weighted by molar-refractivity contribution is 0.662. The van der Waals surface area contributed by atoms with Crippen LogP contribution in [0.5, 0.6) is 0 Å². The molecule has 9 rings (SSSR count). The Hall–Kier alpha value is -6.19. The average molecular weight is 628 g/mol. The summed E-state index contributed by atoms with van der Waals surface area (Å²) in [7, 11) is 0. The largest absolute Gasteiger partial charge is 0.247 e. The molecule has 0 amide bonds. The van der Waals surface area contributed by atoms with Gasteiger partial charge in [-0.3, -0.25) is 0 Å². The van der Waals surface area contributed by atoms with E-state index in [4.69, 9.17) is 15.0 Å². The molecule has 2 heterocycles. The van der Waals surface area contributed by atoms with Crippen molar-refractivity contribution in [1.29, 1.82) is 0 Å². The minimum atomic E-state index is -0.181. The third-order valence-electron chi connectivity index (χ3n) is 9.89. The van der Waals surface area contributed by atoms with Gasteiger partial charge in [0.05, 0.1) is 22.6 Å². The topological polar surface area (TPSA) is 38.7 Å². The lowest BCUT2D eigenvalue weighted by Gasteiger charge is -2.25. The number of rotatable bonds is 5. The maximum Gasteiger partial charge on any atom is 0.160 e. The molecular formula is C46H33N3. The van der Waals surface area contributed by atoms with Gasteiger partial charge in [-0.05, 0) is 45.5 Å². The zero-order valence-electron chi connectivity index (χ0n) is 27.4. The van der Waals surface area contributed by atoms with E-state index in [9.17, 15) is 0 Å². The zero-order chi connectivity index (χ0) is 33.0. The first-order valence-electron chi connectivity index (χ1n) is 16.8. The first-order valence-corrected chi connectivity index (χ1v) is 16.8. The molecular weight excluding hydrogens is 595 g/mol. The van der Waals surface area contributed by atoms with E-state index in [0.29, 0.717) is 5.82 Å². The maximum atomic E-state index is 5.23. The highest BCUT2D eigenvalue weighted by molar-refractivity contribution is 6.02. The summed E-state index contributed by atoms with van der Waals surface area (Å²) in [6.45, 7) is 4.65. The Morgan fingerprint density at radius 3 is 1.61 bits per heavy atom. The molecule has 6 aromatic carbocycles. The second kappa shape index (κ2) is 11.5. The average Bonchev–Trinajstić information content (AvgIpc) is 3.40. The fourth-order valence-corrected chi connectivity index (χ4v) is 7.42. The van der Waals surface area contributed by atoms with E-state index in [1.807, 2.05) is 24.3 Å². The van der Waals surface area contributed by atoms with Gasteiger partial charge in [-0.2, -0.15) is 0 Å². The number of hydrogen-bond acceptors (Lipinski definition) is 3. The maximum absolute atomic E-state index is 5.23. The summed E-state index contributed by atoms with van der Waals surface area (Å²) >= 11 is 0. The molecule has 3 nitrogen and oxygen atoms in total. The smallest absolute Gasteiger partial charge is 0.160 e. The fourth-order valence-electron chi connectivity index (χ4n) is 7.42. The van der Waals surface area contributed by atoms with E-state index in [1.165, 1.54) is 44.3 Å². The van der Waals surface area contributed by atoms with Gasteiger partial charge in [0.25, 0.3) is 0 Å². The minimum Gasteiger partial charge on any atom is -0.247 e. The van der Waals surface area contributed by atoms with Crippen LogP contribution in [0, 0.1) is 0 Å². The van der Waals surface area contributed by atoms with Crippen LogP contribution in [-0.2, 0) is 5.41 Å². The summed E-state index contributed by atoms with van der Waals surface area (Å²) in [4.78, 5) is 15.4. The molecule has 8 aromatic rings. The summed E-state index contributed by atoms with van der Waals surface area (Å²) in [5.74, 6) is 0.710. The number of hydrogen-bond donors (Lipinski definition) is 0. The second-order valence-corrected chi connectivity index (χ2v) is 13.2. The Morgan fingerprint density at radius 1 is 0.429 bits per heavy atom. The third-order valence-corrected chi connectivity index (χ3v) is 9.89. The van der Waals surface area contributed by atoms with Crippen LogP contribution in [-0.4, -0.2) is 15.0 Å². The summed E-state index contributed by atoms with van der Waals surface area (Å²) in [5.41, 5.74) is 15.4. The summed E-state index contributed by atoms with van der Waals surface area (Å²) in [6, 6.07) is 57.6. The molecule has 0 N–H and O–H groups in total. The first kappa shape index (κ1) is 29.0. The van der Waals surface area contributed by atoms with Crippen molar-refractivity contribution >= 4 is 10.9 Å². The van der Waals surface area contributed by atoms with Crippen LogP contribution in [0.2, 0.25) is 0 Å². The molecule has 232 valence electrons. The molecule has 0 unspecified atom stereocenters. The summed E-state index contributed by atoms with van der Waals surface area (Å²) < 4.78 is 0. The van der Waals surface area contributed by atoms with Crippen molar-refractivity contribution in [2.75, 3.05) is 0 Å². The van der Waals surface area contributed by atoms with E-state index >= 15 is 0 Å². The Bertz CT molecular complexity index is 2480. The molecule has 0 spiro atoms. The van der Waals surface area contributed by atoms with Gasteiger partial charge in [-0.25, -0.2) is 15.0 Å². The van der Waals surface area contributed by atoms with Gasteiger partial charge in [-0.1, -0.05) is 166 Å². The number of benzene rings is 6. The molecule has 49 heavy (non-hydrogen) atoms. The van der Waals surface area contributed by atoms with Gasteiger partial charge in [0, 0.05) is 33.1 Å². The Balaban J connectivity index is 1.16. The van der Waals surface area contributed by atoms with Gasteiger partial charge in [0.1, 0.15) is 0 Å². The van der Waals surface area contributed by atoms with Crippen LogP contribution in [0.15, 0.2) is 164 Å². The normalized spacial score (nSPS) is 12.9. The monoisotopic (exact) mass is 627 g/mol. The van der Waals surface area contributed by atoms with Gasteiger partial charge in [-0.15, -0.1) is 0 Å². The van der Waals surface area contributed by atoms with E-state index < -0.39 is 0 Å². The second-order valence-electron chi connectivity index (χ2n) is 13.2. The van der Waals surface area contributed by atoms with E-state index in [-0.39, 0.29) is 5.41 Å². The zero-order valence-corrected chi connectivity index (χ0v) is 27.4. The van der Waals surface area contributed by atoms with E-state index in [2.05, 4.69) is 153 Å². The number of nitrogens with zero attached hydrogens (tertiary/aromatic N) is 3. The number of pyridine rings is 1. The minimum absolute atomic E-state index is 0.181. The molecule has 0 radical (unpaired) electrons. The molecule has 0 atom stereocenters. The van der Waals surface area contributed by atoms with Crippen LogP contribution >= 0.6 is 0 Å². The van der Waals surface area contributed by atoms with Crippen LogP contribution < -0.4 is 0 Å². The highest BCUT2D eigenvalue weighted by Gasteiger charge is 2.39. The van der Waals surface area contributed by atoms with Gasteiger partial charge < -0.3 is 0 Å². The van der Waals surface area contributed by atoms with Gasteiger partial charge in [0.2, 0.25) is 0 Å². The van der Waals surface area contributed by atoms with Crippen molar-refractivity contribution in [3.8, 4) is 67.4 Å². The predicted molar refractivity (Wildman–Crippen MR) is 202 cm³/mol. The van der Waals surface area contributed by atoms with E-state index in [1.54, 1.807) is 0 Å². The Labute approximate surface area is 286 Å². The number of aromatic nitrogens is 3. The van der Waals surface area contributed by atoms with E-state index in [0.717, 1.165) is 39.3 Å². The number of para-hydroxylation sites is 1. The molecule has 0 saturated carbocycles. The third kappa shape index (κ3) is 4.94. The molecule has 0 bridgehead atoms. The van der Waals surface area contributed by atoms with Crippen molar-refractivity contribution < 1.29 is 0 Å². The standard InChI is InChI=1S/C46H33N3/c1-46(2)38-19-11-9-17-36(38)44-43(46)42(37-18-10-12-20-39(37)47-44)34-27-25-33(26-28-34)41-29-40(48-45(49-41)35-15-7-4-8-16-35)32-23-21-31(22-24-32)30-13-5-3-6-14-30/h3-29H,1-2H3. The lowest BCUT2D eigenvalue weighted by Crippen LogP contribution is -2.16. The lowest BCUT2D eigenvalue weighted by atomic mass is 9.78. The van der Waals surface area contributed by atoms with Gasteiger partial charge >= 0.3 is 0 Å². The molecule has 1 aliphatic rings. The summed E-state index contributed by atoms with van der Waals surface area (Å²) in [5, 5.41) is 1.17. The van der Waals surface area contributed by atoms with Crippen molar-refractivity contribution in [1.82, 2.24) is 15.0 Å². The molecule has 0 saturated heterocycles. The van der Waals surface area contributed by atoms with Crippen LogP contribution in [0.3, 0.4) is 0 Å². The quantitative estimate of drug-likeness (QED) is 0.191. The molecule has 0 aliphatic heterocycles. The van der Waals surface area contributed by atoms with Crippen molar-refractivity contribution in [3.63, 3.8) is 0 Å². The molecule has 3 heteroatoms. The molecule has 0 fully saturated rings. The van der Waals surface area contributed by atoms with Gasteiger partial charge in [0.15, 0.2) is 5.82 Å². The Kier molecular flexibility index (Phi) is 6.80. The molecule has 2 aromatic heterocycles. The number of fused-ring (bicyclic) bond motifs is 4. The van der Waals surface area contributed by atoms with Crippen LogP contribution in [0.1, 0.15) is 25.0 Å². The van der Waals surface area contributed by atoms with Crippen molar-refractivity contribution in [2.24, 2.45) is 0 Å². The highest BCUT2D eigenvalue weighted by Crippen LogP contribution is 2.53. The van der Waals surface area contributed by atoms with Crippen molar-refractivity contribution in [3.05, 3.63) is 175 Å². The highest BCUT2D eigenvalue weighted by atomic mass is 14.9. The summed E-state index contributed by atoms with van der Waals surface area (Å²) in [6.07, 6.45) is 0.